The maximum absolute atomic E-state index is 12.6. The summed E-state index contributed by atoms with van der Waals surface area (Å²) in [6, 6.07) is -1.20. The van der Waals surface area contributed by atoms with E-state index in [1.165, 1.54) is 23.6 Å². The lowest BCUT2D eigenvalue weighted by molar-refractivity contribution is -0.132. The van der Waals surface area contributed by atoms with E-state index in [1.54, 1.807) is 0 Å². The van der Waals surface area contributed by atoms with Crippen LogP contribution in [0.1, 0.15) is 23.2 Å². The van der Waals surface area contributed by atoms with E-state index in [-0.39, 0.29) is 17.7 Å². The van der Waals surface area contributed by atoms with Gasteiger partial charge in [0.25, 0.3) is 5.91 Å². The molecule has 9 nitrogen and oxygen atoms in total. The predicted molar refractivity (Wildman–Crippen MR) is 83.9 cm³/mol. The summed E-state index contributed by atoms with van der Waals surface area (Å²) in [4.78, 5) is 46.2. The molecule has 0 aliphatic carbocycles. The second kappa shape index (κ2) is 7.35. The van der Waals surface area contributed by atoms with Crippen molar-refractivity contribution in [2.24, 2.45) is 0 Å². The van der Waals surface area contributed by atoms with Crippen molar-refractivity contribution in [1.29, 1.82) is 0 Å². The summed E-state index contributed by atoms with van der Waals surface area (Å²) in [6.45, 7) is 1.99. The smallest absolute Gasteiger partial charge is 0.257 e. The molecule has 3 N–H and O–H groups in total. The van der Waals surface area contributed by atoms with Gasteiger partial charge in [-0.15, -0.1) is 0 Å². The minimum absolute atomic E-state index is 0.173. The van der Waals surface area contributed by atoms with Crippen LogP contribution in [0.5, 0.6) is 0 Å². The van der Waals surface area contributed by atoms with Gasteiger partial charge in [0, 0.05) is 38.6 Å². The van der Waals surface area contributed by atoms with E-state index in [0.29, 0.717) is 38.2 Å². The van der Waals surface area contributed by atoms with Crippen molar-refractivity contribution in [3.8, 4) is 0 Å². The van der Waals surface area contributed by atoms with Crippen LogP contribution < -0.4 is 16.0 Å². The Morgan fingerprint density at radius 1 is 1.25 bits per heavy atom. The predicted octanol–water partition coefficient (Wildman–Crippen LogP) is -1.71. The number of piperidine rings is 1. The van der Waals surface area contributed by atoms with E-state index < -0.39 is 12.1 Å². The van der Waals surface area contributed by atoms with Gasteiger partial charge in [0.1, 0.15) is 18.4 Å². The van der Waals surface area contributed by atoms with Gasteiger partial charge in [0.15, 0.2) is 0 Å². The quantitative estimate of drug-likeness (QED) is 0.607. The molecule has 9 heteroatoms. The molecule has 24 heavy (non-hydrogen) atoms. The number of carbonyl (C=O) groups excluding carboxylic acids is 3. The molecule has 0 spiro atoms. The number of nitrogens with zero attached hydrogens (tertiary/aromatic N) is 3. The minimum Gasteiger partial charge on any atom is -0.354 e. The number of carbonyl (C=O) groups is 3. The summed E-state index contributed by atoms with van der Waals surface area (Å²) in [5.74, 6) is -0.785. The highest BCUT2D eigenvalue weighted by molar-refractivity contribution is 5.98. The van der Waals surface area contributed by atoms with Crippen LogP contribution >= 0.6 is 0 Å². The summed E-state index contributed by atoms with van der Waals surface area (Å²) >= 11 is 0. The van der Waals surface area contributed by atoms with Gasteiger partial charge in [0.05, 0.1) is 5.56 Å². The zero-order chi connectivity index (χ0) is 16.9. The first-order valence-electron chi connectivity index (χ1n) is 8.01. The van der Waals surface area contributed by atoms with Crippen molar-refractivity contribution >= 4 is 17.7 Å². The summed E-state index contributed by atoms with van der Waals surface area (Å²) in [5, 5.41) is 8.61. The van der Waals surface area contributed by atoms with Gasteiger partial charge in [-0.3, -0.25) is 14.4 Å². The van der Waals surface area contributed by atoms with Crippen LogP contribution in [0.15, 0.2) is 18.7 Å². The van der Waals surface area contributed by atoms with Crippen LogP contribution in [0.25, 0.3) is 0 Å². The average molecular weight is 332 g/mol. The lowest BCUT2D eigenvalue weighted by Gasteiger charge is -2.36. The topological polar surface area (TPSA) is 116 Å². The van der Waals surface area contributed by atoms with Crippen LogP contribution in [0.3, 0.4) is 0 Å². The molecule has 2 fully saturated rings. The number of rotatable bonds is 3. The highest BCUT2D eigenvalue weighted by atomic mass is 16.2. The molecule has 2 atom stereocenters. The largest absolute Gasteiger partial charge is 0.354 e. The number of aromatic nitrogens is 2. The van der Waals surface area contributed by atoms with Crippen molar-refractivity contribution < 1.29 is 14.4 Å². The molecule has 2 aliphatic heterocycles. The van der Waals surface area contributed by atoms with Crippen molar-refractivity contribution in [3.05, 3.63) is 24.3 Å². The fourth-order valence-electron chi connectivity index (χ4n) is 2.93. The monoisotopic (exact) mass is 332 g/mol. The average Bonchev–Trinajstić information content (AvgIpc) is 2.63. The molecule has 3 heterocycles. The van der Waals surface area contributed by atoms with Crippen molar-refractivity contribution in [2.75, 3.05) is 26.2 Å². The van der Waals surface area contributed by atoms with Crippen LogP contribution in [0, 0.1) is 0 Å². The fourth-order valence-corrected chi connectivity index (χ4v) is 2.93. The zero-order valence-corrected chi connectivity index (χ0v) is 13.2. The third-order valence-electron chi connectivity index (χ3n) is 4.22. The summed E-state index contributed by atoms with van der Waals surface area (Å²) in [7, 11) is 0. The molecule has 0 radical (unpaired) electrons. The van der Waals surface area contributed by atoms with E-state index in [2.05, 4.69) is 25.9 Å². The molecule has 0 bridgehead atoms. The molecule has 1 aromatic rings. The highest BCUT2D eigenvalue weighted by Crippen LogP contribution is 2.11. The lowest BCUT2D eigenvalue weighted by Crippen LogP contribution is -2.62. The van der Waals surface area contributed by atoms with Gasteiger partial charge in [0.2, 0.25) is 11.8 Å². The van der Waals surface area contributed by atoms with Crippen LogP contribution in [0.2, 0.25) is 0 Å². The maximum atomic E-state index is 12.6. The first-order valence-corrected chi connectivity index (χ1v) is 8.01. The molecular weight excluding hydrogens is 312 g/mol. The van der Waals surface area contributed by atoms with Gasteiger partial charge < -0.3 is 20.9 Å². The van der Waals surface area contributed by atoms with Crippen LogP contribution in [0.4, 0.5) is 0 Å². The van der Waals surface area contributed by atoms with Crippen molar-refractivity contribution in [1.82, 2.24) is 30.8 Å². The molecule has 3 rings (SSSR count). The van der Waals surface area contributed by atoms with E-state index in [4.69, 9.17) is 0 Å². The second-order valence-corrected chi connectivity index (χ2v) is 5.84. The van der Waals surface area contributed by atoms with Gasteiger partial charge in [-0.2, -0.15) is 0 Å². The van der Waals surface area contributed by atoms with E-state index in [9.17, 15) is 14.4 Å². The molecule has 0 saturated carbocycles. The third kappa shape index (κ3) is 3.51. The third-order valence-corrected chi connectivity index (χ3v) is 4.22. The number of hydrogen-bond acceptors (Lipinski definition) is 6. The minimum atomic E-state index is -0.666. The molecule has 128 valence electrons. The SMILES string of the molecule is O=C1NCCC[C@@H]1NC(=O)[C@H]1CNCCN1C(=O)c1cncnc1. The number of nitrogens with one attached hydrogen (secondary N) is 3. The van der Waals surface area contributed by atoms with Crippen molar-refractivity contribution in [3.63, 3.8) is 0 Å². The lowest BCUT2D eigenvalue weighted by atomic mass is 10.1. The Balaban J connectivity index is 1.70. The number of piperazine rings is 1. The maximum Gasteiger partial charge on any atom is 0.257 e. The number of amides is 3. The Labute approximate surface area is 139 Å². The van der Waals surface area contributed by atoms with E-state index in [0.717, 1.165) is 6.42 Å². The van der Waals surface area contributed by atoms with Gasteiger partial charge in [-0.05, 0) is 12.8 Å². The summed E-state index contributed by atoms with van der Waals surface area (Å²) in [6.07, 6.45) is 5.64. The molecule has 0 aromatic carbocycles. The first kappa shape index (κ1) is 16.3. The number of hydrogen-bond donors (Lipinski definition) is 3. The summed E-state index contributed by atoms with van der Waals surface area (Å²) < 4.78 is 0. The normalized spacial score (nSPS) is 24.2. The Morgan fingerprint density at radius 2 is 2.04 bits per heavy atom. The van der Waals surface area contributed by atoms with Crippen molar-refractivity contribution in [2.45, 2.75) is 24.9 Å². The molecule has 2 saturated heterocycles. The van der Waals surface area contributed by atoms with Gasteiger partial charge in [-0.25, -0.2) is 9.97 Å². The Morgan fingerprint density at radius 3 is 2.79 bits per heavy atom. The van der Waals surface area contributed by atoms with Gasteiger partial charge in [-0.1, -0.05) is 0 Å². The molecule has 3 amide bonds. The Hall–Kier alpha value is -2.55. The summed E-state index contributed by atoms with van der Waals surface area (Å²) in [5.41, 5.74) is 0.340. The van der Waals surface area contributed by atoms with E-state index in [1.807, 2.05) is 0 Å². The standard InChI is InChI=1S/C15H20N6O3/c22-13-11(2-1-3-19-13)20-14(23)12-8-16-4-5-21(12)15(24)10-6-17-9-18-7-10/h6-7,9,11-12,16H,1-5,8H2,(H,19,22)(H,20,23)/t11-,12+/m0/s1. The molecule has 0 unspecified atom stereocenters. The second-order valence-electron chi connectivity index (χ2n) is 5.84. The fraction of sp³-hybridized carbons (Fsp3) is 0.533. The highest BCUT2D eigenvalue weighted by Gasteiger charge is 2.35. The molecule has 1 aromatic heterocycles. The molecular formula is C15H20N6O3. The first-order chi connectivity index (χ1) is 11.7. The van der Waals surface area contributed by atoms with Gasteiger partial charge >= 0.3 is 0 Å². The van der Waals surface area contributed by atoms with Crippen LogP contribution in [-0.4, -0.2) is 70.9 Å². The molecule has 2 aliphatic rings. The Bertz CT molecular complexity index is 623. The van der Waals surface area contributed by atoms with Crippen LogP contribution in [-0.2, 0) is 9.59 Å². The Kier molecular flexibility index (Phi) is 4.99. The van der Waals surface area contributed by atoms with E-state index >= 15 is 0 Å². The zero-order valence-electron chi connectivity index (χ0n) is 13.2.